The monoisotopic (exact) mass is 298 g/mol. The van der Waals surface area contributed by atoms with Crippen LogP contribution in [0.2, 0.25) is 0 Å². The van der Waals surface area contributed by atoms with Gasteiger partial charge < -0.3 is 10.2 Å². The molecule has 0 heterocycles. The first-order valence-corrected chi connectivity index (χ1v) is 7.03. The molecule has 4 heteroatoms. The number of ketones is 2. The Kier molecular flexibility index (Phi) is 4.85. The number of Topliss-reactive ketones (excluding diaryl/α,β-unsaturated/α-hetero) is 1. The summed E-state index contributed by atoms with van der Waals surface area (Å²) in [5.41, 5.74) is -0.249. The molecule has 0 radical (unpaired) electrons. The van der Waals surface area contributed by atoms with Gasteiger partial charge in [0.05, 0.1) is 0 Å². The van der Waals surface area contributed by atoms with Crippen LogP contribution in [0.25, 0.3) is 0 Å². The Morgan fingerprint density at radius 3 is 1.95 bits per heavy atom. The molecule has 2 rings (SSSR count). The molecule has 1 unspecified atom stereocenters. The zero-order valence-corrected chi connectivity index (χ0v) is 12.3. The minimum absolute atomic E-state index is 0.0312. The Labute approximate surface area is 129 Å². The predicted octanol–water partition coefficient (Wildman–Crippen LogP) is 2.23. The van der Waals surface area contributed by atoms with Gasteiger partial charge in [-0.3, -0.25) is 9.59 Å². The fourth-order valence-corrected chi connectivity index (χ4v) is 2.17. The molecule has 0 aliphatic rings. The number of rotatable bonds is 6. The number of hydrogen-bond acceptors (Lipinski definition) is 4. The topological polar surface area (TPSA) is 74.6 Å². The Balaban J connectivity index is 2.21. The van der Waals surface area contributed by atoms with Gasteiger partial charge in [-0.25, -0.2) is 0 Å². The van der Waals surface area contributed by atoms with E-state index in [2.05, 4.69) is 0 Å². The first kappa shape index (κ1) is 16.1. The molecule has 2 aromatic carbocycles. The number of aliphatic hydroxyl groups excluding tert-OH is 1. The number of carbonyl (C=O) groups is 2. The number of carbonyl (C=O) groups excluding carboxylic acids is 2. The third kappa shape index (κ3) is 3.47. The Morgan fingerprint density at radius 1 is 0.909 bits per heavy atom. The van der Waals surface area contributed by atoms with Crippen molar-refractivity contribution in [2.24, 2.45) is 0 Å². The second kappa shape index (κ2) is 6.64. The van der Waals surface area contributed by atoms with Crippen molar-refractivity contribution in [2.75, 3.05) is 6.61 Å². The molecular weight excluding hydrogens is 280 g/mol. The summed E-state index contributed by atoms with van der Waals surface area (Å²) in [5.74, 6) is -0.595. The molecule has 0 aliphatic heterocycles. The Morgan fingerprint density at radius 2 is 1.41 bits per heavy atom. The predicted molar refractivity (Wildman–Crippen MR) is 83.0 cm³/mol. The quantitative estimate of drug-likeness (QED) is 0.802. The fourth-order valence-electron chi connectivity index (χ4n) is 2.17. The second-order valence-electron chi connectivity index (χ2n) is 5.35. The minimum atomic E-state index is -1.61. The van der Waals surface area contributed by atoms with Crippen LogP contribution in [0.15, 0.2) is 54.6 Å². The highest BCUT2D eigenvalue weighted by Crippen LogP contribution is 2.18. The van der Waals surface area contributed by atoms with E-state index >= 15 is 0 Å². The van der Waals surface area contributed by atoms with E-state index < -0.39 is 11.4 Å². The average Bonchev–Trinajstić information content (AvgIpc) is 2.54. The van der Waals surface area contributed by atoms with E-state index in [-0.39, 0.29) is 18.8 Å². The summed E-state index contributed by atoms with van der Waals surface area (Å²) in [5, 5.41) is 18.9. The van der Waals surface area contributed by atoms with Gasteiger partial charge in [-0.1, -0.05) is 54.6 Å². The molecule has 0 spiro atoms. The van der Waals surface area contributed by atoms with Crippen LogP contribution in [0.1, 0.15) is 39.6 Å². The van der Waals surface area contributed by atoms with Crippen LogP contribution in [-0.2, 0) is 0 Å². The van der Waals surface area contributed by atoms with Crippen LogP contribution in [0.3, 0.4) is 0 Å². The van der Waals surface area contributed by atoms with E-state index in [1.54, 1.807) is 36.4 Å². The van der Waals surface area contributed by atoms with Crippen LogP contribution >= 0.6 is 0 Å². The molecule has 22 heavy (non-hydrogen) atoms. The van der Waals surface area contributed by atoms with Crippen molar-refractivity contribution in [3.05, 3.63) is 71.3 Å². The molecule has 0 aliphatic carbocycles. The summed E-state index contributed by atoms with van der Waals surface area (Å²) in [6.07, 6.45) is -0.0312. The summed E-state index contributed by atoms with van der Waals surface area (Å²) in [6, 6.07) is 15.0. The summed E-state index contributed by atoms with van der Waals surface area (Å²) in [4.78, 5) is 24.4. The highest BCUT2D eigenvalue weighted by atomic mass is 16.3. The molecule has 4 nitrogen and oxygen atoms in total. The minimum Gasteiger partial charge on any atom is -0.396 e. The maximum Gasteiger partial charge on any atom is 0.194 e. The Bertz CT molecular complexity index is 657. The van der Waals surface area contributed by atoms with E-state index in [0.29, 0.717) is 16.7 Å². The highest BCUT2D eigenvalue weighted by Gasteiger charge is 2.30. The van der Waals surface area contributed by atoms with Gasteiger partial charge in [0.25, 0.3) is 0 Å². The zero-order valence-electron chi connectivity index (χ0n) is 12.3. The molecule has 0 fully saturated rings. The summed E-state index contributed by atoms with van der Waals surface area (Å²) >= 11 is 0. The van der Waals surface area contributed by atoms with Gasteiger partial charge in [0.15, 0.2) is 11.6 Å². The molecular formula is C18H18O4. The molecule has 0 saturated heterocycles. The average molecular weight is 298 g/mol. The van der Waals surface area contributed by atoms with Gasteiger partial charge in [-0.2, -0.15) is 0 Å². The summed E-state index contributed by atoms with van der Waals surface area (Å²) < 4.78 is 0. The third-order valence-corrected chi connectivity index (χ3v) is 3.53. The standard InChI is InChI=1S/C18H18O4/c1-18(22,11-12-19)17(21)15-9-7-14(8-10-15)16(20)13-5-3-2-4-6-13/h2-10,19,22H,11-12H2,1H3. The van der Waals surface area contributed by atoms with Crippen molar-refractivity contribution < 1.29 is 19.8 Å². The highest BCUT2D eigenvalue weighted by molar-refractivity contribution is 6.09. The van der Waals surface area contributed by atoms with Crippen molar-refractivity contribution in [1.29, 1.82) is 0 Å². The smallest absolute Gasteiger partial charge is 0.194 e. The van der Waals surface area contributed by atoms with Gasteiger partial charge >= 0.3 is 0 Å². The van der Waals surface area contributed by atoms with Crippen molar-refractivity contribution in [3.63, 3.8) is 0 Å². The van der Waals surface area contributed by atoms with Gasteiger partial charge in [-0.05, 0) is 6.92 Å². The second-order valence-corrected chi connectivity index (χ2v) is 5.35. The molecule has 0 amide bonds. The maximum atomic E-state index is 12.3. The van der Waals surface area contributed by atoms with E-state index in [4.69, 9.17) is 5.11 Å². The third-order valence-electron chi connectivity index (χ3n) is 3.53. The van der Waals surface area contributed by atoms with Gasteiger partial charge in [0.2, 0.25) is 0 Å². The van der Waals surface area contributed by atoms with Gasteiger partial charge in [0, 0.05) is 29.7 Å². The van der Waals surface area contributed by atoms with Crippen molar-refractivity contribution in [2.45, 2.75) is 18.9 Å². The van der Waals surface area contributed by atoms with Crippen molar-refractivity contribution >= 4 is 11.6 Å². The normalized spacial score (nSPS) is 13.4. The molecule has 2 aromatic rings. The molecule has 1 atom stereocenters. The van der Waals surface area contributed by atoms with E-state index in [1.165, 1.54) is 19.1 Å². The maximum absolute atomic E-state index is 12.3. The molecule has 0 saturated carbocycles. The largest absolute Gasteiger partial charge is 0.396 e. The van der Waals surface area contributed by atoms with Crippen molar-refractivity contribution in [1.82, 2.24) is 0 Å². The number of aliphatic hydroxyl groups is 2. The first-order chi connectivity index (χ1) is 10.5. The van der Waals surface area contributed by atoms with Crippen LogP contribution in [0.4, 0.5) is 0 Å². The van der Waals surface area contributed by atoms with Crippen LogP contribution in [0, 0.1) is 0 Å². The van der Waals surface area contributed by atoms with E-state index in [9.17, 15) is 14.7 Å². The summed E-state index contributed by atoms with van der Waals surface area (Å²) in [6.45, 7) is 1.10. The number of benzene rings is 2. The molecule has 2 N–H and O–H groups in total. The SMILES string of the molecule is CC(O)(CCO)C(=O)c1ccc(C(=O)c2ccccc2)cc1. The lowest BCUT2D eigenvalue weighted by atomic mass is 9.91. The lowest BCUT2D eigenvalue weighted by Gasteiger charge is -2.20. The van der Waals surface area contributed by atoms with Crippen LogP contribution in [0.5, 0.6) is 0 Å². The summed E-state index contributed by atoms with van der Waals surface area (Å²) in [7, 11) is 0. The van der Waals surface area contributed by atoms with Crippen LogP contribution < -0.4 is 0 Å². The van der Waals surface area contributed by atoms with Gasteiger partial charge in [-0.15, -0.1) is 0 Å². The molecule has 0 aromatic heterocycles. The van der Waals surface area contributed by atoms with Crippen LogP contribution in [-0.4, -0.2) is 34.0 Å². The lowest BCUT2D eigenvalue weighted by molar-refractivity contribution is 0.0284. The number of hydrogen-bond donors (Lipinski definition) is 2. The molecule has 114 valence electrons. The van der Waals surface area contributed by atoms with Crippen molar-refractivity contribution in [3.8, 4) is 0 Å². The molecule has 0 bridgehead atoms. The Hall–Kier alpha value is -2.30. The van der Waals surface area contributed by atoms with E-state index in [0.717, 1.165) is 0 Å². The zero-order chi connectivity index (χ0) is 16.2. The first-order valence-electron chi connectivity index (χ1n) is 7.03. The van der Waals surface area contributed by atoms with Gasteiger partial charge in [0.1, 0.15) is 5.60 Å². The lowest BCUT2D eigenvalue weighted by Crippen LogP contribution is -2.36. The fraction of sp³-hybridized carbons (Fsp3) is 0.222. The van der Waals surface area contributed by atoms with E-state index in [1.807, 2.05) is 6.07 Å².